The summed E-state index contributed by atoms with van der Waals surface area (Å²) in [5, 5.41) is 10.5. The number of aromatic nitrogens is 1. The molecule has 1 aromatic heterocycles. The molecular weight excluding hydrogens is 262 g/mol. The Morgan fingerprint density at radius 1 is 1.40 bits per heavy atom. The van der Waals surface area contributed by atoms with E-state index in [0.29, 0.717) is 26.2 Å². The second kappa shape index (κ2) is 5.83. The predicted octanol–water partition coefficient (Wildman–Crippen LogP) is -0.0144. The van der Waals surface area contributed by atoms with E-state index < -0.39 is 11.0 Å². The minimum absolute atomic E-state index is 0.0496. The van der Waals surface area contributed by atoms with Crippen LogP contribution in [-0.4, -0.2) is 52.9 Å². The minimum atomic E-state index is -0.525. The van der Waals surface area contributed by atoms with Gasteiger partial charge in [0.05, 0.1) is 11.7 Å². The highest BCUT2D eigenvalue weighted by atomic mass is 16.6. The van der Waals surface area contributed by atoms with Crippen LogP contribution in [0.25, 0.3) is 0 Å². The fourth-order valence-electron chi connectivity index (χ4n) is 2.15. The first kappa shape index (κ1) is 14.2. The predicted molar refractivity (Wildman–Crippen MR) is 73.3 cm³/mol. The second-order valence-electron chi connectivity index (χ2n) is 4.73. The second-order valence-corrected chi connectivity index (χ2v) is 4.73. The van der Waals surface area contributed by atoms with Crippen LogP contribution in [-0.2, 0) is 4.79 Å². The van der Waals surface area contributed by atoms with E-state index in [1.165, 1.54) is 12.3 Å². The first-order valence-electron chi connectivity index (χ1n) is 6.39. The monoisotopic (exact) mass is 279 g/mol. The molecule has 8 nitrogen and oxygen atoms in total. The maximum absolute atomic E-state index is 11.8. The van der Waals surface area contributed by atoms with Crippen molar-refractivity contribution in [1.82, 2.24) is 9.88 Å². The van der Waals surface area contributed by atoms with Crippen molar-refractivity contribution in [3.63, 3.8) is 0 Å². The van der Waals surface area contributed by atoms with Crippen LogP contribution in [0.4, 0.5) is 11.5 Å². The van der Waals surface area contributed by atoms with Crippen molar-refractivity contribution in [3.05, 3.63) is 28.4 Å². The van der Waals surface area contributed by atoms with Crippen molar-refractivity contribution in [2.45, 2.75) is 13.0 Å². The zero-order valence-electron chi connectivity index (χ0n) is 11.2. The highest BCUT2D eigenvalue weighted by Gasteiger charge is 2.23. The van der Waals surface area contributed by atoms with Crippen LogP contribution in [0.3, 0.4) is 0 Å². The molecule has 1 fully saturated rings. The van der Waals surface area contributed by atoms with Crippen LogP contribution in [0.1, 0.15) is 6.92 Å². The van der Waals surface area contributed by atoms with Gasteiger partial charge < -0.3 is 25.6 Å². The number of nitro groups is 1. The lowest BCUT2D eigenvalue weighted by Crippen LogP contribution is -2.52. The minimum Gasteiger partial charge on any atom is -0.365 e. The SMILES string of the molecule is C[C@@H](N)C(=O)N1CCN(c2ccc([N+](=O)[O-])nc2)CC1. The van der Waals surface area contributed by atoms with Gasteiger partial charge in [0, 0.05) is 32.2 Å². The van der Waals surface area contributed by atoms with Crippen molar-refractivity contribution in [2.75, 3.05) is 31.1 Å². The summed E-state index contributed by atoms with van der Waals surface area (Å²) < 4.78 is 0. The quantitative estimate of drug-likeness (QED) is 0.616. The highest BCUT2D eigenvalue weighted by molar-refractivity contribution is 5.81. The molecule has 2 rings (SSSR count). The molecular formula is C12H17N5O3. The Hall–Kier alpha value is -2.22. The van der Waals surface area contributed by atoms with E-state index in [9.17, 15) is 14.9 Å². The van der Waals surface area contributed by atoms with Crippen molar-refractivity contribution >= 4 is 17.4 Å². The molecule has 1 saturated heterocycles. The Kier molecular flexibility index (Phi) is 4.14. The molecule has 0 saturated carbocycles. The van der Waals surface area contributed by atoms with Gasteiger partial charge in [-0.2, -0.15) is 0 Å². The Labute approximate surface area is 116 Å². The fourth-order valence-corrected chi connectivity index (χ4v) is 2.15. The van der Waals surface area contributed by atoms with Crippen molar-refractivity contribution in [1.29, 1.82) is 0 Å². The molecule has 1 aromatic rings. The first-order chi connectivity index (χ1) is 9.49. The van der Waals surface area contributed by atoms with Gasteiger partial charge in [-0.05, 0) is 22.9 Å². The van der Waals surface area contributed by atoms with Gasteiger partial charge in [0.2, 0.25) is 5.91 Å². The van der Waals surface area contributed by atoms with E-state index in [1.54, 1.807) is 17.9 Å². The van der Waals surface area contributed by atoms with E-state index in [2.05, 4.69) is 4.98 Å². The summed E-state index contributed by atoms with van der Waals surface area (Å²) in [6.07, 6.45) is 1.49. The number of hydrogen-bond acceptors (Lipinski definition) is 6. The lowest BCUT2D eigenvalue weighted by atomic mass is 10.2. The molecule has 0 radical (unpaired) electrons. The number of nitrogens with zero attached hydrogens (tertiary/aromatic N) is 4. The van der Waals surface area contributed by atoms with Crippen LogP contribution in [0.15, 0.2) is 18.3 Å². The normalized spacial score (nSPS) is 16.9. The zero-order valence-corrected chi connectivity index (χ0v) is 11.2. The average Bonchev–Trinajstić information content (AvgIpc) is 2.46. The molecule has 0 aliphatic carbocycles. The van der Waals surface area contributed by atoms with Crippen LogP contribution >= 0.6 is 0 Å². The lowest BCUT2D eigenvalue weighted by molar-refractivity contribution is -0.389. The molecule has 2 heterocycles. The number of rotatable bonds is 3. The molecule has 1 aliphatic rings. The molecule has 8 heteroatoms. The number of carbonyl (C=O) groups excluding carboxylic acids is 1. The smallest absolute Gasteiger partial charge is 0.363 e. The molecule has 1 atom stereocenters. The van der Waals surface area contributed by atoms with Gasteiger partial charge in [0.25, 0.3) is 0 Å². The number of amides is 1. The summed E-state index contributed by atoms with van der Waals surface area (Å²) in [7, 11) is 0. The number of nitrogens with two attached hydrogens (primary N) is 1. The molecule has 108 valence electrons. The van der Waals surface area contributed by atoms with Crippen molar-refractivity contribution < 1.29 is 9.72 Å². The number of piperazine rings is 1. The summed E-state index contributed by atoms with van der Waals surface area (Å²) in [5.74, 6) is -0.217. The van der Waals surface area contributed by atoms with E-state index in [4.69, 9.17) is 5.73 Å². The summed E-state index contributed by atoms with van der Waals surface area (Å²) in [6.45, 7) is 4.19. The Morgan fingerprint density at radius 2 is 2.05 bits per heavy atom. The van der Waals surface area contributed by atoms with E-state index >= 15 is 0 Å². The van der Waals surface area contributed by atoms with Crippen molar-refractivity contribution in [3.8, 4) is 0 Å². The van der Waals surface area contributed by atoms with Crippen LogP contribution in [0, 0.1) is 10.1 Å². The average molecular weight is 279 g/mol. The number of hydrogen-bond donors (Lipinski definition) is 1. The van der Waals surface area contributed by atoms with E-state index in [0.717, 1.165) is 5.69 Å². The van der Waals surface area contributed by atoms with Gasteiger partial charge >= 0.3 is 5.82 Å². The number of anilines is 1. The molecule has 0 spiro atoms. The Balaban J connectivity index is 1.97. The van der Waals surface area contributed by atoms with Crippen LogP contribution < -0.4 is 10.6 Å². The van der Waals surface area contributed by atoms with Gasteiger partial charge in [-0.15, -0.1) is 0 Å². The van der Waals surface area contributed by atoms with Gasteiger partial charge in [0.15, 0.2) is 6.20 Å². The third-order valence-corrected chi connectivity index (χ3v) is 3.27. The summed E-state index contributed by atoms with van der Waals surface area (Å²) in [6, 6.07) is 2.57. The topological polar surface area (TPSA) is 106 Å². The zero-order chi connectivity index (χ0) is 14.7. The molecule has 0 aromatic carbocycles. The van der Waals surface area contributed by atoms with E-state index in [-0.39, 0.29) is 11.7 Å². The lowest BCUT2D eigenvalue weighted by Gasteiger charge is -2.36. The van der Waals surface area contributed by atoms with E-state index in [1.807, 2.05) is 4.90 Å². The third kappa shape index (κ3) is 3.02. The Bertz CT molecular complexity index is 494. The molecule has 2 N–H and O–H groups in total. The van der Waals surface area contributed by atoms with Gasteiger partial charge in [0.1, 0.15) is 0 Å². The largest absolute Gasteiger partial charge is 0.365 e. The highest BCUT2D eigenvalue weighted by Crippen LogP contribution is 2.18. The number of pyridine rings is 1. The molecule has 20 heavy (non-hydrogen) atoms. The van der Waals surface area contributed by atoms with Gasteiger partial charge in [-0.25, -0.2) is 0 Å². The number of carbonyl (C=O) groups is 1. The van der Waals surface area contributed by atoms with Crippen LogP contribution in [0.2, 0.25) is 0 Å². The van der Waals surface area contributed by atoms with Gasteiger partial charge in [-0.1, -0.05) is 0 Å². The van der Waals surface area contributed by atoms with Crippen LogP contribution in [0.5, 0.6) is 0 Å². The summed E-state index contributed by atoms with van der Waals surface area (Å²) in [5.41, 5.74) is 6.40. The van der Waals surface area contributed by atoms with Crippen molar-refractivity contribution in [2.24, 2.45) is 5.73 Å². The maximum atomic E-state index is 11.8. The molecule has 0 unspecified atom stereocenters. The summed E-state index contributed by atoms with van der Waals surface area (Å²) in [4.78, 5) is 29.3. The molecule has 1 amide bonds. The maximum Gasteiger partial charge on any atom is 0.363 e. The fraction of sp³-hybridized carbons (Fsp3) is 0.500. The molecule has 0 bridgehead atoms. The standard InChI is InChI=1S/C12H17N5O3/c1-9(13)12(18)16-6-4-15(5-7-16)10-2-3-11(14-8-10)17(19)20/h2-3,8-9H,4-7,13H2,1H3/t9-/m1/s1. The third-order valence-electron chi connectivity index (χ3n) is 3.27. The van der Waals surface area contributed by atoms with Gasteiger partial charge in [-0.3, -0.25) is 4.79 Å². The molecule has 1 aliphatic heterocycles. The first-order valence-corrected chi connectivity index (χ1v) is 6.39. The Morgan fingerprint density at radius 3 is 2.50 bits per heavy atom. The summed E-state index contributed by atoms with van der Waals surface area (Å²) >= 11 is 0.